The molecule has 3 aromatic carbocycles. The van der Waals surface area contributed by atoms with E-state index in [2.05, 4.69) is 0 Å². The van der Waals surface area contributed by atoms with E-state index >= 15 is 0 Å². The summed E-state index contributed by atoms with van der Waals surface area (Å²) < 4.78 is 11.4. The van der Waals surface area contributed by atoms with Gasteiger partial charge < -0.3 is 9.47 Å². The first-order valence-electron chi connectivity index (χ1n) is 7.57. The van der Waals surface area contributed by atoms with Gasteiger partial charge >= 0.3 is 0 Å². The average Bonchev–Trinajstić information content (AvgIpc) is 2.64. The quantitative estimate of drug-likeness (QED) is 0.485. The van der Waals surface area contributed by atoms with Crippen molar-refractivity contribution >= 4 is 33.7 Å². The number of para-hydroxylation sites is 1. The van der Waals surface area contributed by atoms with Crippen molar-refractivity contribution in [2.45, 2.75) is 0 Å². The molecule has 0 radical (unpaired) electrons. The van der Waals surface area contributed by atoms with Crippen molar-refractivity contribution in [2.24, 2.45) is 0 Å². The summed E-state index contributed by atoms with van der Waals surface area (Å²) in [6, 6.07) is 20.3. The van der Waals surface area contributed by atoms with Crippen molar-refractivity contribution in [3.05, 3.63) is 83.9 Å². The van der Waals surface area contributed by atoms with Crippen molar-refractivity contribution in [3.63, 3.8) is 0 Å². The zero-order chi connectivity index (χ0) is 18.5. The van der Waals surface area contributed by atoms with Gasteiger partial charge in [-0.25, -0.2) is 0 Å². The van der Waals surface area contributed by atoms with Crippen LogP contribution in [0, 0.1) is 0 Å². The molecule has 0 fully saturated rings. The van der Waals surface area contributed by atoms with E-state index in [0.717, 1.165) is 0 Å². The van der Waals surface area contributed by atoms with Gasteiger partial charge in [0.1, 0.15) is 23.0 Å². The molecule has 130 valence electrons. The van der Waals surface area contributed by atoms with Crippen LogP contribution in [0.1, 0.15) is 20.7 Å². The van der Waals surface area contributed by atoms with Crippen molar-refractivity contribution in [1.82, 2.24) is 0 Å². The highest BCUT2D eigenvalue weighted by Crippen LogP contribution is 2.30. The molecule has 26 heavy (non-hydrogen) atoms. The van der Waals surface area contributed by atoms with Crippen LogP contribution >= 0.6 is 23.2 Å². The number of carbonyl (C=O) groups excluding carboxylic acids is 2. The Hall–Kier alpha value is -2.82. The van der Waals surface area contributed by atoms with Crippen LogP contribution in [0.15, 0.2) is 72.8 Å². The summed E-state index contributed by atoms with van der Waals surface area (Å²) in [6.45, 7) is 0. The smallest absolute Gasteiger partial charge is 0.256 e. The molecule has 4 nitrogen and oxygen atoms in total. The SMILES string of the molecule is O=C(Cl)c1ccc(C(=O)Cl)c(Oc2ccc(Oc3ccccc3)cc2)c1. The normalized spacial score (nSPS) is 10.2. The Bertz CT molecular complexity index is 938. The summed E-state index contributed by atoms with van der Waals surface area (Å²) in [5.41, 5.74) is 0.338. The van der Waals surface area contributed by atoms with Crippen LogP contribution in [0.3, 0.4) is 0 Å². The zero-order valence-electron chi connectivity index (χ0n) is 13.3. The average molecular weight is 387 g/mol. The van der Waals surface area contributed by atoms with Gasteiger partial charge in [-0.05, 0) is 77.8 Å². The first kappa shape index (κ1) is 18.0. The van der Waals surface area contributed by atoms with Crippen LogP contribution in [-0.2, 0) is 0 Å². The molecule has 0 aliphatic rings. The number of rotatable bonds is 6. The predicted molar refractivity (Wildman–Crippen MR) is 99.8 cm³/mol. The van der Waals surface area contributed by atoms with Crippen molar-refractivity contribution in [1.29, 1.82) is 0 Å². The number of benzene rings is 3. The Morgan fingerprint density at radius 2 is 1.23 bits per heavy atom. The second kappa shape index (κ2) is 8.04. The van der Waals surface area contributed by atoms with E-state index in [-0.39, 0.29) is 16.9 Å². The van der Waals surface area contributed by atoms with Gasteiger partial charge in [0.05, 0.1) is 5.56 Å². The van der Waals surface area contributed by atoms with E-state index in [9.17, 15) is 9.59 Å². The van der Waals surface area contributed by atoms with E-state index in [0.29, 0.717) is 17.2 Å². The summed E-state index contributed by atoms with van der Waals surface area (Å²) >= 11 is 11.0. The summed E-state index contributed by atoms with van der Waals surface area (Å²) in [6.07, 6.45) is 0. The third-order valence-corrected chi connectivity index (χ3v) is 3.87. The maximum absolute atomic E-state index is 11.5. The Morgan fingerprint density at radius 3 is 1.81 bits per heavy atom. The third kappa shape index (κ3) is 4.42. The molecule has 0 aromatic heterocycles. The van der Waals surface area contributed by atoms with Gasteiger partial charge in [0.15, 0.2) is 0 Å². The van der Waals surface area contributed by atoms with E-state index in [4.69, 9.17) is 32.7 Å². The Labute approximate surface area is 159 Å². The molecule has 0 saturated heterocycles. The van der Waals surface area contributed by atoms with Crippen LogP contribution in [0.2, 0.25) is 0 Å². The maximum Gasteiger partial charge on any atom is 0.256 e. The maximum atomic E-state index is 11.5. The van der Waals surface area contributed by atoms with Gasteiger partial charge in [0, 0.05) is 5.56 Å². The molecule has 0 atom stereocenters. The minimum absolute atomic E-state index is 0.137. The van der Waals surface area contributed by atoms with Crippen molar-refractivity contribution < 1.29 is 19.1 Å². The van der Waals surface area contributed by atoms with Crippen LogP contribution < -0.4 is 9.47 Å². The number of ether oxygens (including phenoxy) is 2. The molecular formula is C20H12Cl2O4. The first-order valence-corrected chi connectivity index (χ1v) is 8.33. The number of carbonyl (C=O) groups is 2. The Kier molecular flexibility index (Phi) is 5.56. The van der Waals surface area contributed by atoms with E-state index in [1.54, 1.807) is 24.3 Å². The predicted octanol–water partition coefficient (Wildman–Crippen LogP) is 6.03. The molecule has 0 N–H and O–H groups in total. The lowest BCUT2D eigenvalue weighted by atomic mass is 10.1. The van der Waals surface area contributed by atoms with Crippen LogP contribution in [-0.4, -0.2) is 10.5 Å². The molecular weight excluding hydrogens is 375 g/mol. The Balaban J connectivity index is 1.81. The molecule has 0 spiro atoms. The lowest BCUT2D eigenvalue weighted by Crippen LogP contribution is -1.98. The molecule has 0 aliphatic carbocycles. The first-order chi connectivity index (χ1) is 12.5. The molecule has 3 aromatic rings. The fourth-order valence-electron chi connectivity index (χ4n) is 2.22. The topological polar surface area (TPSA) is 52.6 Å². The molecule has 0 amide bonds. The molecule has 0 saturated carbocycles. The van der Waals surface area contributed by atoms with Crippen LogP contribution in [0.25, 0.3) is 0 Å². The second-order valence-electron chi connectivity index (χ2n) is 5.25. The molecule has 0 unspecified atom stereocenters. The number of hydrogen-bond acceptors (Lipinski definition) is 4. The highest BCUT2D eigenvalue weighted by atomic mass is 35.5. The lowest BCUT2D eigenvalue weighted by molar-refractivity contribution is 0.106. The molecule has 0 heterocycles. The van der Waals surface area contributed by atoms with E-state index in [1.165, 1.54) is 18.2 Å². The minimum Gasteiger partial charge on any atom is -0.457 e. The fourth-order valence-corrected chi connectivity index (χ4v) is 2.49. The number of halogens is 2. The van der Waals surface area contributed by atoms with Gasteiger partial charge in [0.25, 0.3) is 10.5 Å². The summed E-state index contributed by atoms with van der Waals surface area (Å²) in [7, 11) is 0. The van der Waals surface area contributed by atoms with Gasteiger partial charge in [-0.15, -0.1) is 0 Å². The summed E-state index contributed by atoms with van der Waals surface area (Å²) in [5, 5.41) is -1.35. The summed E-state index contributed by atoms with van der Waals surface area (Å²) in [4.78, 5) is 22.9. The molecule has 0 bridgehead atoms. The number of hydrogen-bond donors (Lipinski definition) is 0. The van der Waals surface area contributed by atoms with Gasteiger partial charge in [-0.3, -0.25) is 9.59 Å². The van der Waals surface area contributed by atoms with Crippen LogP contribution in [0.5, 0.6) is 23.0 Å². The van der Waals surface area contributed by atoms with E-state index < -0.39 is 10.5 Å². The van der Waals surface area contributed by atoms with Gasteiger partial charge in [-0.2, -0.15) is 0 Å². The van der Waals surface area contributed by atoms with Crippen LogP contribution in [0.4, 0.5) is 0 Å². The zero-order valence-corrected chi connectivity index (χ0v) is 14.8. The summed E-state index contributed by atoms with van der Waals surface area (Å²) in [5.74, 6) is 1.93. The van der Waals surface area contributed by atoms with Gasteiger partial charge in [0.2, 0.25) is 0 Å². The van der Waals surface area contributed by atoms with E-state index in [1.807, 2.05) is 30.3 Å². The monoisotopic (exact) mass is 386 g/mol. The highest BCUT2D eigenvalue weighted by Gasteiger charge is 2.14. The molecule has 3 rings (SSSR count). The highest BCUT2D eigenvalue weighted by molar-refractivity contribution is 6.68. The van der Waals surface area contributed by atoms with Crippen molar-refractivity contribution in [3.8, 4) is 23.0 Å². The van der Waals surface area contributed by atoms with Gasteiger partial charge in [-0.1, -0.05) is 18.2 Å². The fraction of sp³-hybridized carbons (Fsp3) is 0. The Morgan fingerprint density at radius 1 is 0.654 bits per heavy atom. The standard InChI is InChI=1S/C20H12Cl2O4/c21-19(23)13-6-11-17(20(22)24)18(12-13)26-16-9-7-15(8-10-16)25-14-4-2-1-3-5-14/h1-12H. The lowest BCUT2D eigenvalue weighted by Gasteiger charge is -2.11. The third-order valence-electron chi connectivity index (χ3n) is 3.45. The molecule has 6 heteroatoms. The van der Waals surface area contributed by atoms with Crippen molar-refractivity contribution in [2.75, 3.05) is 0 Å². The largest absolute Gasteiger partial charge is 0.457 e. The minimum atomic E-state index is -0.697. The second-order valence-corrected chi connectivity index (χ2v) is 5.93. The molecule has 0 aliphatic heterocycles.